The molecule has 0 aliphatic heterocycles. The Morgan fingerprint density at radius 3 is 2.75 bits per heavy atom. The SMILES string of the molecule is CC1C2C[C@@H](C)CC12CCCN. The van der Waals surface area contributed by atoms with E-state index >= 15 is 0 Å². The summed E-state index contributed by atoms with van der Waals surface area (Å²) in [4.78, 5) is 0. The molecule has 2 saturated carbocycles. The summed E-state index contributed by atoms with van der Waals surface area (Å²) in [7, 11) is 0. The quantitative estimate of drug-likeness (QED) is 0.686. The van der Waals surface area contributed by atoms with Crippen molar-refractivity contribution in [2.24, 2.45) is 28.9 Å². The Morgan fingerprint density at radius 2 is 2.17 bits per heavy atom. The third-order valence-corrected chi connectivity index (χ3v) is 4.37. The number of hydrogen-bond donors (Lipinski definition) is 1. The van der Waals surface area contributed by atoms with Crippen molar-refractivity contribution in [3.63, 3.8) is 0 Å². The van der Waals surface area contributed by atoms with Gasteiger partial charge in [0.25, 0.3) is 0 Å². The smallest absolute Gasteiger partial charge is 0.00771 e. The molecular formula is C11H21N. The van der Waals surface area contributed by atoms with Gasteiger partial charge in [-0.15, -0.1) is 0 Å². The Balaban J connectivity index is 1.93. The lowest BCUT2D eigenvalue weighted by atomic mass is 9.91. The van der Waals surface area contributed by atoms with E-state index in [-0.39, 0.29) is 0 Å². The van der Waals surface area contributed by atoms with E-state index in [9.17, 15) is 0 Å². The molecule has 0 saturated heterocycles. The van der Waals surface area contributed by atoms with Gasteiger partial charge in [-0.25, -0.2) is 0 Å². The predicted molar refractivity (Wildman–Crippen MR) is 51.8 cm³/mol. The zero-order valence-corrected chi connectivity index (χ0v) is 8.34. The van der Waals surface area contributed by atoms with Crippen molar-refractivity contribution in [3.8, 4) is 0 Å². The summed E-state index contributed by atoms with van der Waals surface area (Å²) in [6, 6.07) is 0. The van der Waals surface area contributed by atoms with Crippen LogP contribution in [0.4, 0.5) is 0 Å². The van der Waals surface area contributed by atoms with Gasteiger partial charge in [0.1, 0.15) is 0 Å². The van der Waals surface area contributed by atoms with E-state index in [1.54, 1.807) is 0 Å². The molecule has 0 amide bonds. The maximum absolute atomic E-state index is 5.56. The molecule has 0 aromatic heterocycles. The fraction of sp³-hybridized carbons (Fsp3) is 1.00. The Hall–Kier alpha value is -0.0400. The van der Waals surface area contributed by atoms with Crippen LogP contribution in [-0.4, -0.2) is 6.54 Å². The largest absolute Gasteiger partial charge is 0.330 e. The number of hydrogen-bond acceptors (Lipinski definition) is 1. The molecular weight excluding hydrogens is 146 g/mol. The second-order valence-electron chi connectivity index (χ2n) is 5.07. The van der Waals surface area contributed by atoms with Crippen molar-refractivity contribution in [1.82, 2.24) is 0 Å². The van der Waals surface area contributed by atoms with Crippen LogP contribution in [0.3, 0.4) is 0 Å². The maximum Gasteiger partial charge on any atom is -0.00771 e. The van der Waals surface area contributed by atoms with Crippen LogP contribution < -0.4 is 5.73 Å². The van der Waals surface area contributed by atoms with Gasteiger partial charge < -0.3 is 5.73 Å². The summed E-state index contributed by atoms with van der Waals surface area (Å²) in [6.45, 7) is 5.73. The number of rotatable bonds is 3. The second kappa shape index (κ2) is 2.73. The molecule has 0 radical (unpaired) electrons. The van der Waals surface area contributed by atoms with E-state index in [0.717, 1.165) is 29.7 Å². The highest BCUT2D eigenvalue weighted by molar-refractivity contribution is 5.13. The lowest BCUT2D eigenvalue weighted by molar-refractivity contribution is 0.361. The molecule has 2 rings (SSSR count). The summed E-state index contributed by atoms with van der Waals surface area (Å²) in [5, 5.41) is 0. The van der Waals surface area contributed by atoms with E-state index < -0.39 is 0 Å². The van der Waals surface area contributed by atoms with Gasteiger partial charge in [0.15, 0.2) is 0 Å². The minimum Gasteiger partial charge on any atom is -0.330 e. The summed E-state index contributed by atoms with van der Waals surface area (Å²) >= 11 is 0. The molecule has 0 aromatic rings. The number of nitrogens with two attached hydrogens (primary N) is 1. The van der Waals surface area contributed by atoms with Crippen LogP contribution in [0.1, 0.15) is 39.5 Å². The molecule has 12 heavy (non-hydrogen) atoms. The zero-order valence-electron chi connectivity index (χ0n) is 8.34. The summed E-state index contributed by atoms with van der Waals surface area (Å²) in [6.07, 6.45) is 5.62. The first-order valence-electron chi connectivity index (χ1n) is 5.41. The van der Waals surface area contributed by atoms with Gasteiger partial charge in [-0.05, 0) is 55.4 Å². The van der Waals surface area contributed by atoms with Gasteiger partial charge in [0.05, 0.1) is 0 Å². The van der Waals surface area contributed by atoms with Crippen LogP contribution in [0.25, 0.3) is 0 Å². The Kier molecular flexibility index (Phi) is 1.95. The summed E-state index contributed by atoms with van der Waals surface area (Å²) in [5.74, 6) is 3.07. The van der Waals surface area contributed by atoms with Gasteiger partial charge in [-0.3, -0.25) is 0 Å². The maximum atomic E-state index is 5.56. The third kappa shape index (κ3) is 1.02. The molecule has 1 heteroatoms. The van der Waals surface area contributed by atoms with Crippen LogP contribution in [-0.2, 0) is 0 Å². The van der Waals surface area contributed by atoms with Gasteiger partial charge in [0.2, 0.25) is 0 Å². The standard InChI is InChI=1S/C11H21N/c1-8-6-10-9(2)11(10,7-8)4-3-5-12/h8-10H,3-7,12H2,1-2H3/t8-,9?,10?,11?/m1/s1. The Labute approximate surface area is 75.7 Å². The fourth-order valence-electron chi connectivity index (χ4n) is 3.69. The lowest BCUT2D eigenvalue weighted by Crippen LogP contribution is -2.08. The van der Waals surface area contributed by atoms with Crippen LogP contribution in [0, 0.1) is 23.2 Å². The Morgan fingerprint density at radius 1 is 1.42 bits per heavy atom. The van der Waals surface area contributed by atoms with Crippen LogP contribution in [0.2, 0.25) is 0 Å². The fourth-order valence-corrected chi connectivity index (χ4v) is 3.69. The van der Waals surface area contributed by atoms with Crippen LogP contribution in [0.5, 0.6) is 0 Å². The van der Waals surface area contributed by atoms with Crippen LogP contribution in [0.15, 0.2) is 0 Å². The predicted octanol–water partition coefficient (Wildman–Crippen LogP) is 2.41. The molecule has 1 nitrogen and oxygen atoms in total. The van der Waals surface area contributed by atoms with E-state index in [4.69, 9.17) is 5.73 Å². The van der Waals surface area contributed by atoms with Crippen molar-refractivity contribution in [1.29, 1.82) is 0 Å². The molecule has 2 N–H and O–H groups in total. The van der Waals surface area contributed by atoms with Crippen molar-refractivity contribution < 1.29 is 0 Å². The topological polar surface area (TPSA) is 26.0 Å². The van der Waals surface area contributed by atoms with Crippen molar-refractivity contribution in [2.75, 3.05) is 6.54 Å². The van der Waals surface area contributed by atoms with Crippen molar-refractivity contribution >= 4 is 0 Å². The first-order chi connectivity index (χ1) is 5.70. The van der Waals surface area contributed by atoms with E-state index in [2.05, 4.69) is 13.8 Å². The molecule has 2 fully saturated rings. The van der Waals surface area contributed by atoms with Crippen LogP contribution >= 0.6 is 0 Å². The van der Waals surface area contributed by atoms with Gasteiger partial charge in [-0.1, -0.05) is 13.8 Å². The monoisotopic (exact) mass is 167 g/mol. The van der Waals surface area contributed by atoms with Crippen molar-refractivity contribution in [3.05, 3.63) is 0 Å². The molecule has 3 unspecified atom stereocenters. The molecule has 4 atom stereocenters. The number of fused-ring (bicyclic) bond motifs is 1. The lowest BCUT2D eigenvalue weighted by Gasteiger charge is -2.15. The van der Waals surface area contributed by atoms with E-state index in [0.29, 0.717) is 0 Å². The molecule has 0 aromatic carbocycles. The highest BCUT2D eigenvalue weighted by Gasteiger charge is 2.64. The van der Waals surface area contributed by atoms with Gasteiger partial charge >= 0.3 is 0 Å². The van der Waals surface area contributed by atoms with E-state index in [1.165, 1.54) is 25.7 Å². The molecule has 0 heterocycles. The molecule has 2 aliphatic carbocycles. The highest BCUT2D eigenvalue weighted by atomic mass is 14.7. The minimum atomic E-state index is 0.763. The summed E-state index contributed by atoms with van der Waals surface area (Å²) in [5.41, 5.74) is 6.33. The third-order valence-electron chi connectivity index (χ3n) is 4.37. The molecule has 2 aliphatic rings. The normalized spacial score (nSPS) is 50.8. The van der Waals surface area contributed by atoms with Gasteiger partial charge in [0, 0.05) is 0 Å². The second-order valence-corrected chi connectivity index (χ2v) is 5.07. The Bertz CT molecular complexity index is 178. The average molecular weight is 167 g/mol. The first kappa shape index (κ1) is 8.55. The van der Waals surface area contributed by atoms with Gasteiger partial charge in [-0.2, -0.15) is 0 Å². The zero-order chi connectivity index (χ0) is 8.77. The summed E-state index contributed by atoms with van der Waals surface area (Å²) < 4.78 is 0. The molecule has 0 spiro atoms. The molecule has 70 valence electrons. The average Bonchev–Trinajstić information content (AvgIpc) is 2.46. The van der Waals surface area contributed by atoms with E-state index in [1.807, 2.05) is 0 Å². The highest BCUT2D eigenvalue weighted by Crippen LogP contribution is 2.71. The van der Waals surface area contributed by atoms with Crippen molar-refractivity contribution in [2.45, 2.75) is 39.5 Å². The minimum absolute atomic E-state index is 0.763. The first-order valence-corrected chi connectivity index (χ1v) is 5.41. The molecule has 0 bridgehead atoms.